The van der Waals surface area contributed by atoms with E-state index in [-0.39, 0.29) is 46.0 Å². The van der Waals surface area contributed by atoms with Gasteiger partial charge in [0.05, 0.1) is 33.3 Å². The smallest absolute Gasteiger partial charge is 0.270 e. The third-order valence-electron chi connectivity index (χ3n) is 3.69. The lowest BCUT2D eigenvalue weighted by molar-refractivity contribution is -0.384. The fourth-order valence-corrected chi connectivity index (χ4v) is 2.67. The van der Waals surface area contributed by atoms with Gasteiger partial charge in [-0.05, 0) is 32.0 Å². The quantitative estimate of drug-likeness (QED) is 0.470. The second-order valence-electron chi connectivity index (χ2n) is 6.33. The van der Waals surface area contributed by atoms with E-state index >= 15 is 0 Å². The van der Waals surface area contributed by atoms with Gasteiger partial charge in [0, 0.05) is 18.2 Å². The molecule has 0 unspecified atom stereocenters. The highest BCUT2D eigenvalue weighted by molar-refractivity contribution is 6.34. The third kappa shape index (κ3) is 6.01. The summed E-state index contributed by atoms with van der Waals surface area (Å²) in [4.78, 5) is 46.8. The Kier molecular flexibility index (Phi) is 7.27. The zero-order valence-corrected chi connectivity index (χ0v) is 16.4. The van der Waals surface area contributed by atoms with Crippen molar-refractivity contribution >= 4 is 40.7 Å². The Morgan fingerprint density at radius 2 is 1.76 bits per heavy atom. The average Bonchev–Trinajstić information content (AvgIpc) is 2.65. The molecule has 0 spiro atoms. The molecule has 10 heteroatoms. The van der Waals surface area contributed by atoms with Crippen LogP contribution in [-0.4, -0.2) is 35.2 Å². The molecule has 2 aromatic rings. The summed E-state index contributed by atoms with van der Waals surface area (Å²) in [5, 5.41) is 18.4. The van der Waals surface area contributed by atoms with Gasteiger partial charge < -0.3 is 16.0 Å². The van der Waals surface area contributed by atoms with E-state index in [1.807, 2.05) is 0 Å². The summed E-state index contributed by atoms with van der Waals surface area (Å²) in [5.41, 5.74) is 0.125. The van der Waals surface area contributed by atoms with Gasteiger partial charge in [-0.1, -0.05) is 23.7 Å². The molecule has 3 N–H and O–H groups in total. The van der Waals surface area contributed by atoms with E-state index in [9.17, 15) is 24.5 Å². The topological polar surface area (TPSA) is 130 Å². The zero-order valence-electron chi connectivity index (χ0n) is 15.7. The molecule has 0 aliphatic carbocycles. The summed E-state index contributed by atoms with van der Waals surface area (Å²) < 4.78 is 0. The monoisotopic (exact) mass is 418 g/mol. The molecule has 2 aromatic carbocycles. The highest BCUT2D eigenvalue weighted by Crippen LogP contribution is 2.24. The van der Waals surface area contributed by atoms with Crippen molar-refractivity contribution in [1.29, 1.82) is 0 Å². The molecular weight excluding hydrogens is 400 g/mol. The predicted octanol–water partition coefficient (Wildman–Crippen LogP) is 2.75. The van der Waals surface area contributed by atoms with Crippen LogP contribution in [0.5, 0.6) is 0 Å². The number of nitro groups is 1. The third-order valence-corrected chi connectivity index (χ3v) is 4.00. The number of hydrogen-bond donors (Lipinski definition) is 3. The lowest BCUT2D eigenvalue weighted by atomic mass is 10.1. The van der Waals surface area contributed by atoms with Crippen LogP contribution in [0.1, 0.15) is 34.6 Å². The SMILES string of the molecule is CC(C)NC(=O)CNC(=O)c1ccccc1NC(=O)c1ccc([N+](=O)[O-])cc1Cl. The molecule has 0 heterocycles. The molecule has 0 aromatic heterocycles. The Bertz CT molecular complexity index is 961. The summed E-state index contributed by atoms with van der Waals surface area (Å²) in [5.74, 6) is -1.52. The Labute approximate surface area is 171 Å². The number of benzene rings is 2. The number of nitro benzene ring substituents is 1. The Morgan fingerprint density at radius 1 is 1.07 bits per heavy atom. The number of hydrogen-bond acceptors (Lipinski definition) is 5. The van der Waals surface area contributed by atoms with Gasteiger partial charge >= 0.3 is 0 Å². The number of nitrogens with zero attached hydrogens (tertiary/aromatic N) is 1. The molecule has 9 nitrogen and oxygen atoms in total. The highest BCUT2D eigenvalue weighted by atomic mass is 35.5. The van der Waals surface area contributed by atoms with Gasteiger partial charge in [0.1, 0.15) is 0 Å². The summed E-state index contributed by atoms with van der Waals surface area (Å²) in [6.07, 6.45) is 0. The lowest BCUT2D eigenvalue weighted by Gasteiger charge is -2.13. The first kappa shape index (κ1) is 21.8. The van der Waals surface area contributed by atoms with Crippen LogP contribution >= 0.6 is 11.6 Å². The van der Waals surface area contributed by atoms with Gasteiger partial charge in [0.15, 0.2) is 0 Å². The first-order valence-corrected chi connectivity index (χ1v) is 8.98. The molecule has 0 saturated carbocycles. The lowest BCUT2D eigenvalue weighted by Crippen LogP contribution is -2.40. The zero-order chi connectivity index (χ0) is 21.6. The highest BCUT2D eigenvalue weighted by Gasteiger charge is 2.18. The molecule has 0 saturated heterocycles. The van der Waals surface area contributed by atoms with Crippen LogP contribution in [0.4, 0.5) is 11.4 Å². The maximum absolute atomic E-state index is 12.5. The molecule has 0 aliphatic rings. The number of nitrogens with one attached hydrogen (secondary N) is 3. The minimum atomic E-state index is -0.636. The Morgan fingerprint density at radius 3 is 2.38 bits per heavy atom. The molecule has 0 atom stereocenters. The maximum atomic E-state index is 12.5. The van der Waals surface area contributed by atoms with Crippen molar-refractivity contribution in [2.75, 3.05) is 11.9 Å². The number of carbonyl (C=O) groups is 3. The number of anilines is 1. The van der Waals surface area contributed by atoms with E-state index in [0.717, 1.165) is 12.1 Å². The maximum Gasteiger partial charge on any atom is 0.270 e. The molecule has 29 heavy (non-hydrogen) atoms. The molecule has 3 amide bonds. The first-order valence-electron chi connectivity index (χ1n) is 8.61. The average molecular weight is 419 g/mol. The largest absolute Gasteiger partial charge is 0.352 e. The molecule has 0 fully saturated rings. The Hall–Kier alpha value is -3.46. The summed E-state index contributed by atoms with van der Waals surface area (Å²) in [6, 6.07) is 9.64. The van der Waals surface area contributed by atoms with Crippen molar-refractivity contribution in [3.63, 3.8) is 0 Å². The van der Waals surface area contributed by atoms with Gasteiger partial charge in [0.25, 0.3) is 17.5 Å². The van der Waals surface area contributed by atoms with Crippen molar-refractivity contribution in [3.8, 4) is 0 Å². The fraction of sp³-hybridized carbons (Fsp3) is 0.211. The minimum absolute atomic E-state index is 0.0174. The molecule has 0 radical (unpaired) electrons. The van der Waals surface area contributed by atoms with Crippen LogP contribution in [0.2, 0.25) is 5.02 Å². The Balaban J connectivity index is 2.14. The number of non-ortho nitro benzene ring substituents is 1. The van der Waals surface area contributed by atoms with Crippen molar-refractivity contribution in [2.45, 2.75) is 19.9 Å². The van der Waals surface area contributed by atoms with Crippen molar-refractivity contribution in [1.82, 2.24) is 10.6 Å². The van der Waals surface area contributed by atoms with Crippen molar-refractivity contribution < 1.29 is 19.3 Å². The van der Waals surface area contributed by atoms with Gasteiger partial charge in [-0.15, -0.1) is 0 Å². The minimum Gasteiger partial charge on any atom is -0.352 e. The summed E-state index contributed by atoms with van der Waals surface area (Å²) in [6.45, 7) is 3.38. The molecule has 2 rings (SSSR count). The molecule has 0 aliphatic heterocycles. The van der Waals surface area contributed by atoms with Crippen LogP contribution in [0.25, 0.3) is 0 Å². The fourth-order valence-electron chi connectivity index (χ4n) is 2.41. The normalized spacial score (nSPS) is 10.3. The molecule has 152 valence electrons. The second kappa shape index (κ2) is 9.65. The number of amides is 3. The van der Waals surface area contributed by atoms with Gasteiger partial charge in [-0.2, -0.15) is 0 Å². The summed E-state index contributed by atoms with van der Waals surface area (Å²) in [7, 11) is 0. The standard InChI is InChI=1S/C19H19ClN4O5/c1-11(2)22-17(25)10-21-18(26)14-5-3-4-6-16(14)23-19(27)13-8-7-12(24(28)29)9-15(13)20/h3-9,11H,10H2,1-2H3,(H,21,26)(H,22,25)(H,23,27). The summed E-state index contributed by atoms with van der Waals surface area (Å²) >= 11 is 5.97. The van der Waals surface area contributed by atoms with Gasteiger partial charge in [0.2, 0.25) is 5.91 Å². The predicted molar refractivity (Wildman–Crippen MR) is 108 cm³/mol. The van der Waals surface area contributed by atoms with Crippen LogP contribution in [-0.2, 0) is 4.79 Å². The van der Waals surface area contributed by atoms with Crippen LogP contribution in [0.3, 0.4) is 0 Å². The second-order valence-corrected chi connectivity index (χ2v) is 6.73. The van der Waals surface area contributed by atoms with E-state index in [0.29, 0.717) is 0 Å². The van der Waals surface area contributed by atoms with Crippen molar-refractivity contribution in [3.05, 3.63) is 68.7 Å². The number of para-hydroxylation sites is 1. The number of rotatable bonds is 7. The van der Waals surface area contributed by atoms with Crippen LogP contribution < -0.4 is 16.0 Å². The molecule has 0 bridgehead atoms. The van der Waals surface area contributed by atoms with Crippen LogP contribution in [0.15, 0.2) is 42.5 Å². The van der Waals surface area contributed by atoms with Gasteiger partial charge in [-0.25, -0.2) is 0 Å². The first-order chi connectivity index (χ1) is 13.7. The number of halogens is 1. The molecular formula is C19H19ClN4O5. The van der Waals surface area contributed by atoms with E-state index < -0.39 is 16.7 Å². The van der Waals surface area contributed by atoms with Crippen LogP contribution in [0, 0.1) is 10.1 Å². The van der Waals surface area contributed by atoms with Gasteiger partial charge in [-0.3, -0.25) is 24.5 Å². The number of carbonyl (C=O) groups excluding carboxylic acids is 3. The van der Waals surface area contributed by atoms with E-state index in [1.54, 1.807) is 26.0 Å². The van der Waals surface area contributed by atoms with Crippen molar-refractivity contribution in [2.24, 2.45) is 0 Å². The van der Waals surface area contributed by atoms with E-state index in [4.69, 9.17) is 11.6 Å². The van der Waals surface area contributed by atoms with E-state index in [1.165, 1.54) is 18.2 Å². The van der Waals surface area contributed by atoms with E-state index in [2.05, 4.69) is 16.0 Å².